The van der Waals surface area contributed by atoms with Gasteiger partial charge in [-0.3, -0.25) is 4.79 Å². The molecule has 4 atom stereocenters. The summed E-state index contributed by atoms with van der Waals surface area (Å²) < 4.78 is 0. The molecule has 33 heavy (non-hydrogen) atoms. The first-order valence-electron chi connectivity index (χ1n) is 11.9. The highest BCUT2D eigenvalue weighted by molar-refractivity contribution is 6.30. The summed E-state index contributed by atoms with van der Waals surface area (Å²) in [7, 11) is 0. The standard InChI is InChI=1S/C27H35Cl2N3O/c1-26(2,3)16-22-27(30,19-9-11-20(28)12-10-19)23(18-5-4-6-21(29)15-18)24(32-22)25(33)31-14-13-17-7-8-17/h4-6,9-12,15,17,22-24,32H,7-8,13-14,16,30H2,1-3H3,(H,31,33)/t22-,23-,24+,27+/m0/s1. The zero-order chi connectivity index (χ0) is 23.8. The fourth-order valence-corrected chi connectivity index (χ4v) is 5.54. The van der Waals surface area contributed by atoms with Gasteiger partial charge < -0.3 is 16.4 Å². The zero-order valence-electron chi connectivity index (χ0n) is 19.7. The van der Waals surface area contributed by atoms with Crippen LogP contribution in [0.2, 0.25) is 10.0 Å². The third kappa shape index (κ3) is 5.57. The van der Waals surface area contributed by atoms with Crippen molar-refractivity contribution in [2.45, 2.75) is 70.0 Å². The van der Waals surface area contributed by atoms with Crippen LogP contribution in [0, 0.1) is 11.3 Å². The van der Waals surface area contributed by atoms with Crippen LogP contribution in [-0.2, 0) is 10.3 Å². The van der Waals surface area contributed by atoms with E-state index in [1.54, 1.807) is 0 Å². The summed E-state index contributed by atoms with van der Waals surface area (Å²) in [5.41, 5.74) is 8.52. The highest BCUT2D eigenvalue weighted by Crippen LogP contribution is 2.48. The molecule has 4 nitrogen and oxygen atoms in total. The average molecular weight is 489 g/mol. The lowest BCUT2D eigenvalue weighted by Crippen LogP contribution is -2.51. The lowest BCUT2D eigenvalue weighted by atomic mass is 9.68. The summed E-state index contributed by atoms with van der Waals surface area (Å²) in [5.74, 6) is 0.480. The third-order valence-electron chi connectivity index (χ3n) is 7.01. The third-order valence-corrected chi connectivity index (χ3v) is 7.49. The van der Waals surface area contributed by atoms with E-state index in [0.29, 0.717) is 16.6 Å². The molecule has 0 spiro atoms. The monoisotopic (exact) mass is 487 g/mol. The molecule has 4 N–H and O–H groups in total. The van der Waals surface area contributed by atoms with Crippen molar-refractivity contribution in [2.24, 2.45) is 17.1 Å². The predicted molar refractivity (Wildman–Crippen MR) is 137 cm³/mol. The molecule has 2 aromatic carbocycles. The van der Waals surface area contributed by atoms with Crippen molar-refractivity contribution in [3.05, 3.63) is 69.7 Å². The molecule has 1 heterocycles. The molecule has 1 aliphatic carbocycles. The molecule has 2 fully saturated rings. The van der Waals surface area contributed by atoms with Gasteiger partial charge in [-0.05, 0) is 59.6 Å². The first-order chi connectivity index (χ1) is 15.6. The molecule has 2 aromatic rings. The SMILES string of the molecule is CC(C)(C)C[C@@H]1N[C@@H](C(=O)NCCC2CC2)[C@H](c2cccc(Cl)c2)[C@@]1(N)c1ccc(Cl)cc1. The molecular weight excluding hydrogens is 453 g/mol. The molecule has 1 amide bonds. The Hall–Kier alpha value is -1.59. The molecule has 6 heteroatoms. The number of nitrogens with one attached hydrogen (secondary N) is 2. The van der Waals surface area contributed by atoms with Gasteiger partial charge >= 0.3 is 0 Å². The van der Waals surface area contributed by atoms with Crippen LogP contribution in [0.1, 0.15) is 63.5 Å². The fraction of sp³-hybridized carbons (Fsp3) is 0.519. The van der Waals surface area contributed by atoms with Gasteiger partial charge in [-0.15, -0.1) is 0 Å². The lowest BCUT2D eigenvalue weighted by Gasteiger charge is -2.39. The van der Waals surface area contributed by atoms with Crippen molar-refractivity contribution >= 4 is 29.1 Å². The second-order valence-electron chi connectivity index (χ2n) is 11.0. The first kappa shape index (κ1) is 24.5. The van der Waals surface area contributed by atoms with Gasteiger partial charge in [0.25, 0.3) is 0 Å². The van der Waals surface area contributed by atoms with Gasteiger partial charge in [0.05, 0.1) is 11.6 Å². The number of benzene rings is 2. The summed E-state index contributed by atoms with van der Waals surface area (Å²) in [6.45, 7) is 7.31. The summed E-state index contributed by atoms with van der Waals surface area (Å²) in [4.78, 5) is 13.5. The Bertz CT molecular complexity index is 984. The Kier molecular flexibility index (Phi) is 7.12. The molecule has 1 aliphatic heterocycles. The number of halogens is 2. The van der Waals surface area contributed by atoms with E-state index in [0.717, 1.165) is 29.9 Å². The Morgan fingerprint density at radius 1 is 1.12 bits per heavy atom. The average Bonchev–Trinajstić information content (AvgIpc) is 3.51. The van der Waals surface area contributed by atoms with Gasteiger partial charge in [0.15, 0.2) is 0 Å². The Morgan fingerprint density at radius 3 is 2.42 bits per heavy atom. The summed E-state index contributed by atoms with van der Waals surface area (Å²) in [6, 6.07) is 14.9. The van der Waals surface area contributed by atoms with E-state index >= 15 is 0 Å². The predicted octanol–water partition coefficient (Wildman–Crippen LogP) is 5.62. The maximum atomic E-state index is 13.5. The van der Waals surface area contributed by atoms with E-state index in [2.05, 4.69) is 31.4 Å². The van der Waals surface area contributed by atoms with E-state index in [1.165, 1.54) is 12.8 Å². The second kappa shape index (κ2) is 9.58. The number of carbonyl (C=O) groups excluding carboxylic acids is 1. The number of rotatable bonds is 7. The number of nitrogens with two attached hydrogens (primary N) is 1. The van der Waals surface area contributed by atoms with Crippen molar-refractivity contribution in [3.8, 4) is 0 Å². The Labute approximate surface area is 207 Å². The van der Waals surface area contributed by atoms with Gasteiger partial charge in [0.2, 0.25) is 5.91 Å². The highest BCUT2D eigenvalue weighted by Gasteiger charge is 2.56. The molecule has 0 unspecified atom stereocenters. The maximum Gasteiger partial charge on any atom is 0.237 e. The van der Waals surface area contributed by atoms with Crippen molar-refractivity contribution in [1.82, 2.24) is 10.6 Å². The van der Waals surface area contributed by atoms with Gasteiger partial charge in [-0.1, -0.05) is 81.1 Å². The minimum atomic E-state index is -0.818. The minimum absolute atomic E-state index is 0.000762. The Morgan fingerprint density at radius 2 is 1.82 bits per heavy atom. The topological polar surface area (TPSA) is 67.2 Å². The molecule has 2 aliphatic rings. The van der Waals surface area contributed by atoms with Crippen LogP contribution in [0.4, 0.5) is 0 Å². The molecular formula is C27H35Cl2N3O. The quantitative estimate of drug-likeness (QED) is 0.474. The number of hydrogen-bond acceptors (Lipinski definition) is 3. The summed E-state index contributed by atoms with van der Waals surface area (Å²) in [5, 5.41) is 8.14. The van der Waals surface area contributed by atoms with Crippen molar-refractivity contribution in [1.29, 1.82) is 0 Å². The normalized spacial score (nSPS) is 27.5. The van der Waals surface area contributed by atoms with Crippen LogP contribution < -0.4 is 16.4 Å². The maximum absolute atomic E-state index is 13.5. The molecule has 1 saturated carbocycles. The van der Waals surface area contributed by atoms with Crippen LogP contribution >= 0.6 is 23.2 Å². The van der Waals surface area contributed by atoms with Gasteiger partial charge in [0.1, 0.15) is 0 Å². The highest BCUT2D eigenvalue weighted by atomic mass is 35.5. The first-order valence-corrected chi connectivity index (χ1v) is 12.7. The van der Waals surface area contributed by atoms with Crippen LogP contribution in [0.3, 0.4) is 0 Å². The van der Waals surface area contributed by atoms with Crippen LogP contribution in [0.25, 0.3) is 0 Å². The molecule has 0 radical (unpaired) electrons. The van der Waals surface area contributed by atoms with E-state index in [4.69, 9.17) is 28.9 Å². The van der Waals surface area contributed by atoms with E-state index in [1.807, 2.05) is 48.5 Å². The number of amides is 1. The van der Waals surface area contributed by atoms with Crippen LogP contribution in [0.15, 0.2) is 48.5 Å². The fourth-order valence-electron chi connectivity index (χ4n) is 5.21. The van der Waals surface area contributed by atoms with Gasteiger partial charge in [0, 0.05) is 28.5 Å². The Balaban J connectivity index is 1.76. The van der Waals surface area contributed by atoms with E-state index in [-0.39, 0.29) is 23.3 Å². The van der Waals surface area contributed by atoms with Crippen LogP contribution in [-0.4, -0.2) is 24.5 Å². The molecule has 178 valence electrons. The van der Waals surface area contributed by atoms with E-state index < -0.39 is 11.6 Å². The van der Waals surface area contributed by atoms with Crippen molar-refractivity contribution in [2.75, 3.05) is 6.54 Å². The van der Waals surface area contributed by atoms with Crippen LogP contribution in [0.5, 0.6) is 0 Å². The minimum Gasteiger partial charge on any atom is -0.355 e. The van der Waals surface area contributed by atoms with E-state index in [9.17, 15) is 4.79 Å². The molecule has 1 saturated heterocycles. The summed E-state index contributed by atoms with van der Waals surface area (Å²) >= 11 is 12.6. The second-order valence-corrected chi connectivity index (χ2v) is 11.8. The zero-order valence-corrected chi connectivity index (χ0v) is 21.2. The van der Waals surface area contributed by atoms with Crippen molar-refractivity contribution < 1.29 is 4.79 Å². The lowest BCUT2D eigenvalue weighted by molar-refractivity contribution is -0.123. The van der Waals surface area contributed by atoms with Gasteiger partial charge in [-0.2, -0.15) is 0 Å². The molecule has 0 aromatic heterocycles. The number of carbonyl (C=O) groups is 1. The van der Waals surface area contributed by atoms with Crippen molar-refractivity contribution in [3.63, 3.8) is 0 Å². The largest absolute Gasteiger partial charge is 0.355 e. The number of hydrogen-bond donors (Lipinski definition) is 3. The summed E-state index contributed by atoms with van der Waals surface area (Å²) in [6.07, 6.45) is 4.41. The van der Waals surface area contributed by atoms with Gasteiger partial charge in [-0.25, -0.2) is 0 Å². The molecule has 4 rings (SSSR count). The molecule has 0 bridgehead atoms. The smallest absolute Gasteiger partial charge is 0.237 e.